The minimum atomic E-state index is -0.762. The van der Waals surface area contributed by atoms with Crippen LogP contribution in [-0.4, -0.2) is 35.8 Å². The highest BCUT2D eigenvalue weighted by Crippen LogP contribution is 2.49. The SMILES string of the molecule is COc1cc([C@H]2C3=C(CC(C)(C)CC3=O)N=C(C)C2C(=O)OC(C)C)cc(Cl)c1O. The molecule has 1 heterocycles. The molecule has 3 rings (SSSR count). The van der Waals surface area contributed by atoms with Gasteiger partial charge in [0.1, 0.15) is 5.92 Å². The van der Waals surface area contributed by atoms with Crippen LogP contribution in [0.15, 0.2) is 28.4 Å². The van der Waals surface area contributed by atoms with Crippen LogP contribution < -0.4 is 4.74 Å². The van der Waals surface area contributed by atoms with Crippen LogP contribution in [0.4, 0.5) is 0 Å². The lowest BCUT2D eigenvalue weighted by atomic mass is 9.67. The fraction of sp³-hybridized carbons (Fsp3) is 0.522. The summed E-state index contributed by atoms with van der Waals surface area (Å²) in [6, 6.07) is 3.20. The molecule has 162 valence electrons. The molecule has 1 aliphatic carbocycles. The van der Waals surface area contributed by atoms with Gasteiger partial charge in [-0.3, -0.25) is 14.6 Å². The fourth-order valence-corrected chi connectivity index (χ4v) is 4.56. The van der Waals surface area contributed by atoms with Crippen molar-refractivity contribution >= 4 is 29.1 Å². The van der Waals surface area contributed by atoms with Gasteiger partial charge in [0.2, 0.25) is 0 Å². The second-order valence-corrected chi connectivity index (χ2v) is 9.46. The Hall–Kier alpha value is -2.34. The van der Waals surface area contributed by atoms with E-state index < -0.39 is 17.8 Å². The first-order valence-electron chi connectivity index (χ1n) is 10.0. The van der Waals surface area contributed by atoms with Gasteiger partial charge in [0.05, 0.1) is 18.2 Å². The number of benzene rings is 1. The van der Waals surface area contributed by atoms with E-state index in [1.165, 1.54) is 7.11 Å². The first kappa shape index (κ1) is 22.3. The lowest BCUT2D eigenvalue weighted by Gasteiger charge is -2.39. The summed E-state index contributed by atoms with van der Waals surface area (Å²) < 4.78 is 10.8. The Morgan fingerprint density at radius 3 is 2.57 bits per heavy atom. The van der Waals surface area contributed by atoms with E-state index in [1.807, 2.05) is 13.8 Å². The number of carbonyl (C=O) groups excluding carboxylic acids is 2. The molecule has 0 fully saturated rings. The average molecular weight is 434 g/mol. The number of halogens is 1. The molecule has 1 aromatic carbocycles. The minimum Gasteiger partial charge on any atom is -0.503 e. The quantitative estimate of drug-likeness (QED) is 0.688. The fourth-order valence-electron chi connectivity index (χ4n) is 4.35. The third-order valence-corrected chi connectivity index (χ3v) is 5.83. The molecule has 0 radical (unpaired) electrons. The van der Waals surface area contributed by atoms with Gasteiger partial charge >= 0.3 is 5.97 Å². The Morgan fingerprint density at radius 2 is 1.97 bits per heavy atom. The molecule has 6 nitrogen and oxygen atoms in total. The van der Waals surface area contributed by atoms with E-state index in [2.05, 4.69) is 4.99 Å². The van der Waals surface area contributed by atoms with E-state index in [1.54, 1.807) is 32.9 Å². The van der Waals surface area contributed by atoms with Crippen molar-refractivity contribution in [2.24, 2.45) is 16.3 Å². The molecule has 0 amide bonds. The normalized spacial score (nSPS) is 23.2. The van der Waals surface area contributed by atoms with Crippen LogP contribution in [0.5, 0.6) is 11.5 Å². The average Bonchev–Trinajstić information content (AvgIpc) is 2.60. The summed E-state index contributed by atoms with van der Waals surface area (Å²) in [6.07, 6.45) is 0.697. The Labute approximate surface area is 181 Å². The van der Waals surface area contributed by atoms with Gasteiger partial charge in [-0.15, -0.1) is 0 Å². The molecule has 30 heavy (non-hydrogen) atoms. The predicted molar refractivity (Wildman–Crippen MR) is 115 cm³/mol. The molecular formula is C23H28ClNO5. The number of aromatic hydroxyl groups is 1. The maximum Gasteiger partial charge on any atom is 0.315 e. The van der Waals surface area contributed by atoms with Crippen molar-refractivity contribution < 1.29 is 24.2 Å². The maximum absolute atomic E-state index is 13.2. The standard InChI is InChI=1S/C23H28ClNO5/c1-11(2)30-22(28)18-12(3)25-15-9-23(4,5)10-16(26)20(15)19(18)13-7-14(24)21(27)17(8-13)29-6/h7-8,11,18-19,27H,9-10H2,1-6H3/t18?,19-/m1/s1. The van der Waals surface area contributed by atoms with Crippen molar-refractivity contribution in [2.45, 2.75) is 59.5 Å². The zero-order valence-electron chi connectivity index (χ0n) is 18.2. The monoisotopic (exact) mass is 433 g/mol. The number of rotatable bonds is 4. The highest BCUT2D eigenvalue weighted by Gasteiger charge is 2.46. The van der Waals surface area contributed by atoms with Crippen molar-refractivity contribution in [1.29, 1.82) is 0 Å². The van der Waals surface area contributed by atoms with Crippen LogP contribution >= 0.6 is 11.6 Å². The lowest BCUT2D eigenvalue weighted by molar-refractivity contribution is -0.150. The highest BCUT2D eigenvalue weighted by atomic mass is 35.5. The number of esters is 1. The van der Waals surface area contributed by atoms with Crippen LogP contribution in [0.3, 0.4) is 0 Å². The van der Waals surface area contributed by atoms with Gasteiger partial charge in [-0.2, -0.15) is 0 Å². The summed E-state index contributed by atoms with van der Waals surface area (Å²) >= 11 is 6.24. The molecule has 2 aliphatic rings. The molecule has 2 atom stereocenters. The summed E-state index contributed by atoms with van der Waals surface area (Å²) in [5.74, 6) is -1.85. The lowest BCUT2D eigenvalue weighted by Crippen LogP contribution is -2.40. The number of carbonyl (C=O) groups is 2. The molecule has 1 N–H and O–H groups in total. The van der Waals surface area contributed by atoms with Gasteiger partial charge in [-0.25, -0.2) is 0 Å². The molecule has 0 saturated carbocycles. The topological polar surface area (TPSA) is 85.2 Å². The molecule has 1 aliphatic heterocycles. The number of phenolic OH excluding ortho intramolecular Hbond substituents is 1. The molecule has 0 bridgehead atoms. The molecule has 0 saturated heterocycles. The van der Waals surface area contributed by atoms with E-state index >= 15 is 0 Å². The summed E-state index contributed by atoms with van der Waals surface area (Å²) in [7, 11) is 1.42. The largest absolute Gasteiger partial charge is 0.503 e. The smallest absolute Gasteiger partial charge is 0.315 e. The molecule has 0 aromatic heterocycles. The number of methoxy groups -OCH3 is 1. The summed E-state index contributed by atoms with van der Waals surface area (Å²) in [5, 5.41) is 10.3. The Kier molecular flexibility index (Phi) is 6.01. The van der Waals surface area contributed by atoms with Crippen LogP contribution in [0.2, 0.25) is 5.02 Å². The van der Waals surface area contributed by atoms with E-state index in [0.717, 1.165) is 0 Å². The summed E-state index contributed by atoms with van der Waals surface area (Å²) in [6.45, 7) is 9.42. The summed E-state index contributed by atoms with van der Waals surface area (Å²) in [5.41, 5.74) is 2.22. The predicted octanol–water partition coefficient (Wildman–Crippen LogP) is 4.82. The zero-order chi connectivity index (χ0) is 22.4. The van der Waals surface area contributed by atoms with E-state index in [0.29, 0.717) is 35.4 Å². The number of ether oxygens (including phenoxy) is 2. The highest BCUT2D eigenvalue weighted by molar-refractivity contribution is 6.32. The van der Waals surface area contributed by atoms with Crippen molar-refractivity contribution in [3.63, 3.8) is 0 Å². The van der Waals surface area contributed by atoms with E-state index in [4.69, 9.17) is 21.1 Å². The van der Waals surface area contributed by atoms with Gasteiger partial charge < -0.3 is 14.6 Å². The Morgan fingerprint density at radius 1 is 1.30 bits per heavy atom. The van der Waals surface area contributed by atoms with E-state index in [-0.39, 0.29) is 33.8 Å². The van der Waals surface area contributed by atoms with Crippen molar-refractivity contribution in [3.05, 3.63) is 34.0 Å². The second kappa shape index (κ2) is 8.06. The number of Topliss-reactive ketones (excluding diaryl/α,β-unsaturated/α-hetero) is 1. The Bertz CT molecular complexity index is 961. The van der Waals surface area contributed by atoms with Crippen LogP contribution in [-0.2, 0) is 14.3 Å². The first-order chi connectivity index (χ1) is 13.9. The Balaban J connectivity index is 2.23. The molecule has 1 aromatic rings. The zero-order valence-corrected chi connectivity index (χ0v) is 19.0. The van der Waals surface area contributed by atoms with Crippen LogP contribution in [0, 0.1) is 11.3 Å². The van der Waals surface area contributed by atoms with E-state index in [9.17, 15) is 14.7 Å². The number of hydrogen-bond acceptors (Lipinski definition) is 6. The van der Waals surface area contributed by atoms with Gasteiger partial charge in [0, 0.05) is 29.3 Å². The second-order valence-electron chi connectivity index (χ2n) is 9.05. The van der Waals surface area contributed by atoms with Gasteiger partial charge in [-0.1, -0.05) is 25.4 Å². The number of ketones is 1. The number of nitrogens with zero attached hydrogens (tertiary/aromatic N) is 1. The number of aliphatic imine (C=N–C) groups is 1. The number of phenols is 1. The summed E-state index contributed by atoms with van der Waals surface area (Å²) in [4.78, 5) is 31.0. The molecule has 7 heteroatoms. The van der Waals surface area contributed by atoms with Crippen LogP contribution in [0.1, 0.15) is 58.9 Å². The number of hydrogen-bond donors (Lipinski definition) is 1. The molecule has 1 unspecified atom stereocenters. The van der Waals surface area contributed by atoms with Crippen LogP contribution in [0.25, 0.3) is 0 Å². The van der Waals surface area contributed by atoms with Gasteiger partial charge in [0.25, 0.3) is 0 Å². The van der Waals surface area contributed by atoms with Gasteiger partial charge in [-0.05, 0) is 50.3 Å². The first-order valence-corrected chi connectivity index (χ1v) is 10.4. The third kappa shape index (κ3) is 4.10. The number of allylic oxidation sites excluding steroid dienone is 2. The van der Waals surface area contributed by atoms with Crippen molar-refractivity contribution in [1.82, 2.24) is 0 Å². The van der Waals surface area contributed by atoms with Crippen molar-refractivity contribution in [2.75, 3.05) is 7.11 Å². The molecular weight excluding hydrogens is 406 g/mol. The van der Waals surface area contributed by atoms with Crippen molar-refractivity contribution in [3.8, 4) is 11.5 Å². The molecule has 0 spiro atoms. The minimum absolute atomic E-state index is 0.0342. The third-order valence-electron chi connectivity index (χ3n) is 5.54. The maximum atomic E-state index is 13.2. The van der Waals surface area contributed by atoms with Gasteiger partial charge in [0.15, 0.2) is 17.3 Å².